The van der Waals surface area contributed by atoms with Crippen molar-refractivity contribution in [1.29, 1.82) is 0 Å². The lowest BCUT2D eigenvalue weighted by molar-refractivity contribution is -0.139. The Bertz CT molecular complexity index is 215. The van der Waals surface area contributed by atoms with Gasteiger partial charge in [-0.3, -0.25) is 0 Å². The Morgan fingerprint density at radius 2 is 2.33 bits per heavy atom. The normalized spacial score (nSPS) is 11.4. The van der Waals surface area contributed by atoms with Crippen LogP contribution in [0.4, 0.5) is 0 Å². The number of nitrogens with zero attached hydrogens (tertiary/aromatic N) is 1. The van der Waals surface area contributed by atoms with E-state index in [1.807, 2.05) is 6.92 Å². The third-order valence-electron chi connectivity index (χ3n) is 1.41. The monoisotopic (exact) mass is 167 g/mol. The molecule has 1 atom stereocenters. The standard InChI is InChI=1S/C9H13NO2/c1-5-8(10-4)6-12-9(11)7(2)3/h8H,2,5-6H2,1,3H3. The molecular weight excluding hydrogens is 154 g/mol. The summed E-state index contributed by atoms with van der Waals surface area (Å²) in [4.78, 5) is 14.1. The van der Waals surface area contributed by atoms with Gasteiger partial charge in [0, 0.05) is 12.0 Å². The van der Waals surface area contributed by atoms with Crippen LogP contribution in [0.1, 0.15) is 20.3 Å². The van der Waals surface area contributed by atoms with Crippen molar-refractivity contribution >= 4 is 5.97 Å². The molecule has 0 aromatic rings. The number of hydrogen-bond donors (Lipinski definition) is 0. The van der Waals surface area contributed by atoms with Gasteiger partial charge < -0.3 is 9.58 Å². The van der Waals surface area contributed by atoms with Gasteiger partial charge in [0.25, 0.3) is 6.04 Å². The van der Waals surface area contributed by atoms with E-state index in [0.717, 1.165) is 0 Å². The van der Waals surface area contributed by atoms with Crippen LogP contribution in [0.15, 0.2) is 12.2 Å². The van der Waals surface area contributed by atoms with Gasteiger partial charge in [0.05, 0.1) is 0 Å². The van der Waals surface area contributed by atoms with Crippen molar-refractivity contribution in [3.05, 3.63) is 23.6 Å². The van der Waals surface area contributed by atoms with Crippen LogP contribution < -0.4 is 0 Å². The average molecular weight is 167 g/mol. The summed E-state index contributed by atoms with van der Waals surface area (Å²) in [6, 6.07) is -0.215. The van der Waals surface area contributed by atoms with Gasteiger partial charge in [0.2, 0.25) is 0 Å². The fourth-order valence-electron chi connectivity index (χ4n) is 0.541. The zero-order chi connectivity index (χ0) is 9.56. The molecule has 66 valence electrons. The summed E-state index contributed by atoms with van der Waals surface area (Å²) in [7, 11) is 0. The van der Waals surface area contributed by atoms with Gasteiger partial charge in [-0.15, -0.1) is 0 Å². The first-order valence-electron chi connectivity index (χ1n) is 3.81. The maximum Gasteiger partial charge on any atom is 0.333 e. The quantitative estimate of drug-likeness (QED) is 0.363. The summed E-state index contributed by atoms with van der Waals surface area (Å²) in [6.45, 7) is 13.8. The second-order valence-electron chi connectivity index (χ2n) is 2.57. The van der Waals surface area contributed by atoms with Crippen molar-refractivity contribution < 1.29 is 9.53 Å². The van der Waals surface area contributed by atoms with E-state index in [9.17, 15) is 4.79 Å². The predicted molar refractivity (Wildman–Crippen MR) is 46.5 cm³/mol. The Kier molecular flexibility index (Phi) is 4.78. The van der Waals surface area contributed by atoms with Crippen LogP contribution in [0.25, 0.3) is 4.85 Å². The third kappa shape index (κ3) is 3.77. The van der Waals surface area contributed by atoms with Gasteiger partial charge >= 0.3 is 5.97 Å². The number of hydrogen-bond acceptors (Lipinski definition) is 2. The molecule has 3 nitrogen and oxygen atoms in total. The molecule has 0 saturated heterocycles. The number of esters is 1. The van der Waals surface area contributed by atoms with Gasteiger partial charge in [0.15, 0.2) is 6.61 Å². The number of carbonyl (C=O) groups excluding carboxylic acids is 1. The second-order valence-corrected chi connectivity index (χ2v) is 2.57. The van der Waals surface area contributed by atoms with E-state index >= 15 is 0 Å². The highest BCUT2D eigenvalue weighted by Gasteiger charge is 2.12. The molecule has 12 heavy (non-hydrogen) atoms. The highest BCUT2D eigenvalue weighted by atomic mass is 16.5. The van der Waals surface area contributed by atoms with Crippen molar-refractivity contribution in [2.75, 3.05) is 6.61 Å². The lowest BCUT2D eigenvalue weighted by Crippen LogP contribution is -2.15. The van der Waals surface area contributed by atoms with E-state index < -0.39 is 5.97 Å². The van der Waals surface area contributed by atoms with E-state index in [2.05, 4.69) is 11.4 Å². The average Bonchev–Trinajstić information content (AvgIpc) is 2.05. The van der Waals surface area contributed by atoms with Gasteiger partial charge in [-0.25, -0.2) is 11.4 Å². The Morgan fingerprint density at radius 1 is 1.75 bits per heavy atom. The van der Waals surface area contributed by atoms with Crippen LogP contribution >= 0.6 is 0 Å². The number of rotatable bonds is 4. The molecule has 0 spiro atoms. The van der Waals surface area contributed by atoms with Crippen molar-refractivity contribution in [2.24, 2.45) is 0 Å². The molecule has 0 aliphatic carbocycles. The van der Waals surface area contributed by atoms with Gasteiger partial charge in [-0.1, -0.05) is 13.5 Å². The maximum atomic E-state index is 10.9. The minimum Gasteiger partial charge on any atom is -0.454 e. The molecule has 0 amide bonds. The molecule has 0 saturated carbocycles. The molecule has 1 unspecified atom stereocenters. The Morgan fingerprint density at radius 3 is 2.67 bits per heavy atom. The summed E-state index contributed by atoms with van der Waals surface area (Å²) in [5.41, 5.74) is 0.370. The molecule has 0 heterocycles. The summed E-state index contributed by atoms with van der Waals surface area (Å²) in [5, 5.41) is 0. The summed E-state index contributed by atoms with van der Waals surface area (Å²) < 4.78 is 4.80. The highest BCUT2D eigenvalue weighted by molar-refractivity contribution is 5.86. The van der Waals surface area contributed by atoms with Crippen LogP contribution in [0.2, 0.25) is 0 Å². The zero-order valence-corrected chi connectivity index (χ0v) is 7.46. The van der Waals surface area contributed by atoms with E-state index in [0.29, 0.717) is 12.0 Å². The van der Waals surface area contributed by atoms with Crippen molar-refractivity contribution in [3.8, 4) is 0 Å². The first-order chi connectivity index (χ1) is 5.61. The smallest absolute Gasteiger partial charge is 0.333 e. The highest BCUT2D eigenvalue weighted by Crippen LogP contribution is 2.00. The number of ether oxygens (including phenoxy) is 1. The molecule has 0 radical (unpaired) electrons. The minimum atomic E-state index is -0.419. The maximum absolute atomic E-state index is 10.9. The Hall–Kier alpha value is -1.30. The first-order valence-corrected chi connectivity index (χ1v) is 3.81. The first kappa shape index (κ1) is 10.7. The molecule has 3 heteroatoms. The molecule has 0 bridgehead atoms. The van der Waals surface area contributed by atoms with E-state index in [4.69, 9.17) is 11.3 Å². The van der Waals surface area contributed by atoms with Crippen LogP contribution in [0.3, 0.4) is 0 Å². The predicted octanol–water partition coefficient (Wildman–Crippen LogP) is 1.80. The van der Waals surface area contributed by atoms with Crippen LogP contribution in [0.5, 0.6) is 0 Å². The zero-order valence-electron chi connectivity index (χ0n) is 7.46. The SMILES string of the molecule is [C-]#[N+]C(CC)COC(=O)C(=C)C. The van der Waals surface area contributed by atoms with Gasteiger partial charge in [-0.2, -0.15) is 0 Å². The molecule has 0 fully saturated rings. The van der Waals surface area contributed by atoms with Gasteiger partial charge in [0.1, 0.15) is 0 Å². The van der Waals surface area contributed by atoms with Crippen LogP contribution in [0, 0.1) is 6.57 Å². The topological polar surface area (TPSA) is 30.7 Å². The third-order valence-corrected chi connectivity index (χ3v) is 1.41. The molecular formula is C9H13NO2. The van der Waals surface area contributed by atoms with Gasteiger partial charge in [-0.05, 0) is 6.92 Å². The Labute approximate surface area is 72.8 Å². The van der Waals surface area contributed by atoms with Crippen molar-refractivity contribution in [3.63, 3.8) is 0 Å². The fourth-order valence-corrected chi connectivity index (χ4v) is 0.541. The fraction of sp³-hybridized carbons (Fsp3) is 0.556. The Balaban J connectivity index is 3.76. The van der Waals surface area contributed by atoms with Crippen molar-refractivity contribution in [2.45, 2.75) is 26.3 Å². The lowest BCUT2D eigenvalue weighted by Gasteiger charge is -2.04. The molecule has 0 rings (SSSR count). The molecule has 0 aliphatic heterocycles. The molecule has 0 N–H and O–H groups in total. The summed E-state index contributed by atoms with van der Waals surface area (Å²) >= 11 is 0. The number of carbonyl (C=O) groups is 1. The van der Waals surface area contributed by atoms with Crippen LogP contribution in [-0.2, 0) is 9.53 Å². The van der Waals surface area contributed by atoms with E-state index in [-0.39, 0.29) is 12.6 Å². The lowest BCUT2D eigenvalue weighted by atomic mass is 10.2. The molecule has 0 aromatic carbocycles. The largest absolute Gasteiger partial charge is 0.454 e. The molecule has 0 aliphatic rings. The summed E-state index contributed by atoms with van der Waals surface area (Å²) in [6.07, 6.45) is 0.701. The second kappa shape index (κ2) is 5.36. The van der Waals surface area contributed by atoms with E-state index in [1.165, 1.54) is 0 Å². The summed E-state index contributed by atoms with van der Waals surface area (Å²) in [5.74, 6) is -0.419. The minimum absolute atomic E-state index is 0.172. The molecule has 0 aromatic heterocycles. The van der Waals surface area contributed by atoms with Crippen molar-refractivity contribution in [1.82, 2.24) is 0 Å². The van der Waals surface area contributed by atoms with Crippen LogP contribution in [-0.4, -0.2) is 18.6 Å². The van der Waals surface area contributed by atoms with E-state index in [1.54, 1.807) is 6.92 Å².